The molecule has 1 amide bonds. The van der Waals surface area contributed by atoms with Crippen molar-refractivity contribution in [3.05, 3.63) is 34.3 Å². The van der Waals surface area contributed by atoms with Gasteiger partial charge in [0.05, 0.1) is 5.41 Å². The molecule has 1 aliphatic carbocycles. The standard InChI is InChI=1S/C13H16BrNO3.H2O2/c1-17-13(18-2)7-12(8-13,11(15)16)9-3-5-10(14)6-4-9;1-2/h3-6H,7-8H2,1-2H3,(H2,15,16);1-2H. The molecule has 0 bridgehead atoms. The number of nitrogens with two attached hydrogens (primary N) is 1. The van der Waals surface area contributed by atoms with E-state index in [0.717, 1.165) is 10.0 Å². The minimum atomic E-state index is -0.692. The van der Waals surface area contributed by atoms with Crippen LogP contribution in [0.25, 0.3) is 0 Å². The molecule has 0 aromatic heterocycles. The first-order valence-corrected chi connectivity index (χ1v) is 6.64. The third-order valence-electron chi connectivity index (χ3n) is 3.75. The fraction of sp³-hybridized carbons (Fsp3) is 0.462. The van der Waals surface area contributed by atoms with Crippen LogP contribution in [0.15, 0.2) is 28.7 Å². The molecule has 2 rings (SSSR count). The van der Waals surface area contributed by atoms with Crippen molar-refractivity contribution in [3.63, 3.8) is 0 Å². The summed E-state index contributed by atoms with van der Waals surface area (Å²) in [5.74, 6) is -1.03. The van der Waals surface area contributed by atoms with Gasteiger partial charge in [0, 0.05) is 31.5 Å². The first-order valence-electron chi connectivity index (χ1n) is 5.84. The molecule has 0 atom stereocenters. The van der Waals surface area contributed by atoms with Crippen LogP contribution in [0.3, 0.4) is 0 Å². The number of ether oxygens (including phenoxy) is 2. The van der Waals surface area contributed by atoms with E-state index in [1.165, 1.54) is 0 Å². The van der Waals surface area contributed by atoms with Crippen LogP contribution >= 0.6 is 15.9 Å². The highest BCUT2D eigenvalue weighted by Gasteiger charge is 2.60. The molecule has 0 heterocycles. The molecule has 0 radical (unpaired) electrons. The van der Waals surface area contributed by atoms with E-state index in [-0.39, 0.29) is 5.91 Å². The van der Waals surface area contributed by atoms with E-state index in [0.29, 0.717) is 12.8 Å². The lowest BCUT2D eigenvalue weighted by atomic mass is 9.60. The average Bonchev–Trinajstić information content (AvgIpc) is 2.43. The quantitative estimate of drug-likeness (QED) is 0.439. The third kappa shape index (κ3) is 2.87. The molecular weight excluding hydrogens is 330 g/mol. The van der Waals surface area contributed by atoms with Crippen LogP contribution in [-0.4, -0.2) is 36.4 Å². The van der Waals surface area contributed by atoms with Crippen molar-refractivity contribution < 1.29 is 24.8 Å². The molecule has 7 heteroatoms. The van der Waals surface area contributed by atoms with Gasteiger partial charge in [-0.05, 0) is 17.7 Å². The van der Waals surface area contributed by atoms with E-state index < -0.39 is 11.2 Å². The maximum atomic E-state index is 11.8. The summed E-state index contributed by atoms with van der Waals surface area (Å²) in [7, 11) is 3.16. The lowest BCUT2D eigenvalue weighted by Gasteiger charge is -2.52. The Hall–Kier alpha value is -0.990. The van der Waals surface area contributed by atoms with Gasteiger partial charge in [-0.1, -0.05) is 28.1 Å². The molecule has 1 aliphatic rings. The Morgan fingerprint density at radius 1 is 1.20 bits per heavy atom. The third-order valence-corrected chi connectivity index (χ3v) is 4.28. The molecule has 20 heavy (non-hydrogen) atoms. The Bertz CT molecular complexity index is 450. The zero-order valence-corrected chi connectivity index (χ0v) is 12.9. The summed E-state index contributed by atoms with van der Waals surface area (Å²) in [6.07, 6.45) is 0.897. The van der Waals surface area contributed by atoms with Gasteiger partial charge >= 0.3 is 0 Å². The molecule has 4 N–H and O–H groups in total. The van der Waals surface area contributed by atoms with Gasteiger partial charge in [-0.15, -0.1) is 0 Å². The van der Waals surface area contributed by atoms with E-state index in [9.17, 15) is 4.79 Å². The van der Waals surface area contributed by atoms with E-state index >= 15 is 0 Å². The van der Waals surface area contributed by atoms with Crippen molar-refractivity contribution in [2.24, 2.45) is 5.73 Å². The van der Waals surface area contributed by atoms with Gasteiger partial charge in [-0.25, -0.2) is 0 Å². The Kier molecular flexibility index (Phi) is 5.67. The van der Waals surface area contributed by atoms with Crippen LogP contribution in [-0.2, 0) is 19.7 Å². The zero-order valence-electron chi connectivity index (χ0n) is 11.3. The number of rotatable bonds is 4. The monoisotopic (exact) mass is 347 g/mol. The van der Waals surface area contributed by atoms with Gasteiger partial charge in [-0.3, -0.25) is 15.3 Å². The number of benzene rings is 1. The van der Waals surface area contributed by atoms with Gasteiger partial charge < -0.3 is 15.2 Å². The fourth-order valence-corrected chi connectivity index (χ4v) is 2.79. The average molecular weight is 348 g/mol. The van der Waals surface area contributed by atoms with Crippen molar-refractivity contribution in [2.75, 3.05) is 14.2 Å². The SMILES string of the molecule is COC1(OC)CC(C(N)=O)(c2ccc(Br)cc2)C1.OO. The summed E-state index contributed by atoms with van der Waals surface area (Å²) in [5, 5.41) is 12.0. The van der Waals surface area contributed by atoms with Crippen LogP contribution in [0.1, 0.15) is 18.4 Å². The molecule has 0 unspecified atom stereocenters. The number of hydrogen-bond donors (Lipinski definition) is 3. The highest BCUT2D eigenvalue weighted by Crippen LogP contribution is 2.52. The van der Waals surface area contributed by atoms with Crippen LogP contribution in [0.2, 0.25) is 0 Å². The maximum absolute atomic E-state index is 11.8. The second-order valence-corrected chi connectivity index (χ2v) is 5.54. The number of carbonyl (C=O) groups is 1. The highest BCUT2D eigenvalue weighted by molar-refractivity contribution is 9.10. The Labute approximate surface area is 125 Å². The van der Waals surface area contributed by atoms with Gasteiger partial charge in [0.15, 0.2) is 5.79 Å². The molecule has 0 saturated heterocycles. The van der Waals surface area contributed by atoms with Crippen molar-refractivity contribution in [1.82, 2.24) is 0 Å². The highest BCUT2D eigenvalue weighted by atomic mass is 79.9. The summed E-state index contributed by atoms with van der Waals surface area (Å²) in [4.78, 5) is 11.8. The largest absolute Gasteiger partial charge is 0.369 e. The first-order chi connectivity index (χ1) is 9.48. The molecule has 1 aromatic carbocycles. The topological polar surface area (TPSA) is 102 Å². The molecule has 0 aliphatic heterocycles. The summed E-state index contributed by atoms with van der Waals surface area (Å²) in [6, 6.07) is 7.62. The second kappa shape index (κ2) is 6.64. The van der Waals surface area contributed by atoms with E-state index in [2.05, 4.69) is 15.9 Å². The van der Waals surface area contributed by atoms with Crippen molar-refractivity contribution >= 4 is 21.8 Å². The summed E-state index contributed by atoms with van der Waals surface area (Å²) >= 11 is 3.37. The van der Waals surface area contributed by atoms with Gasteiger partial charge in [-0.2, -0.15) is 0 Å². The van der Waals surface area contributed by atoms with E-state index in [1.807, 2.05) is 24.3 Å². The predicted octanol–water partition coefficient (Wildman–Crippen LogP) is 1.97. The van der Waals surface area contributed by atoms with Gasteiger partial charge in [0.1, 0.15) is 0 Å². The summed E-state index contributed by atoms with van der Waals surface area (Å²) in [6.45, 7) is 0. The molecule has 112 valence electrons. The lowest BCUT2D eigenvalue weighted by molar-refractivity contribution is -0.274. The zero-order chi connectivity index (χ0) is 15.4. The van der Waals surface area contributed by atoms with Crippen LogP contribution in [0.5, 0.6) is 0 Å². The summed E-state index contributed by atoms with van der Waals surface area (Å²) in [5.41, 5.74) is 5.79. The van der Waals surface area contributed by atoms with Crippen molar-refractivity contribution in [2.45, 2.75) is 24.0 Å². The van der Waals surface area contributed by atoms with Crippen LogP contribution in [0.4, 0.5) is 0 Å². The smallest absolute Gasteiger partial charge is 0.228 e. The Balaban J connectivity index is 0.000000956. The minimum absolute atomic E-state index is 0.338. The van der Waals surface area contributed by atoms with E-state index in [1.54, 1.807) is 14.2 Å². The van der Waals surface area contributed by atoms with Crippen molar-refractivity contribution in [1.29, 1.82) is 0 Å². The van der Waals surface area contributed by atoms with E-state index in [4.69, 9.17) is 25.7 Å². The van der Waals surface area contributed by atoms with Crippen LogP contribution < -0.4 is 5.73 Å². The molecule has 1 aromatic rings. The Morgan fingerprint density at radius 2 is 1.65 bits per heavy atom. The number of primary amides is 1. The number of amides is 1. The lowest BCUT2D eigenvalue weighted by Crippen LogP contribution is -2.62. The first kappa shape index (κ1) is 17.1. The molecule has 1 saturated carbocycles. The molecule has 0 spiro atoms. The second-order valence-electron chi connectivity index (χ2n) is 4.63. The van der Waals surface area contributed by atoms with Gasteiger partial charge in [0.2, 0.25) is 5.91 Å². The Morgan fingerprint density at radius 3 is 2.00 bits per heavy atom. The number of hydrogen-bond acceptors (Lipinski definition) is 5. The number of carbonyl (C=O) groups excluding carboxylic acids is 1. The fourth-order valence-electron chi connectivity index (χ4n) is 2.53. The maximum Gasteiger partial charge on any atom is 0.228 e. The number of methoxy groups -OCH3 is 2. The summed E-state index contributed by atoms with van der Waals surface area (Å²) < 4.78 is 11.6. The van der Waals surface area contributed by atoms with Crippen LogP contribution in [0, 0.1) is 0 Å². The minimum Gasteiger partial charge on any atom is -0.369 e. The predicted molar refractivity (Wildman–Crippen MR) is 76.3 cm³/mol. The molecule has 1 fully saturated rings. The number of halogens is 1. The normalized spacial score (nSPS) is 18.4. The van der Waals surface area contributed by atoms with Crippen molar-refractivity contribution in [3.8, 4) is 0 Å². The molecular formula is C13H18BrNO5. The molecule has 6 nitrogen and oxygen atoms in total. The van der Waals surface area contributed by atoms with Gasteiger partial charge in [0.25, 0.3) is 0 Å².